The molecule has 18 heavy (non-hydrogen) atoms. The zero-order valence-corrected chi connectivity index (χ0v) is 10.7. The summed E-state index contributed by atoms with van der Waals surface area (Å²) in [5.41, 5.74) is 0. The molecule has 2 heterocycles. The summed E-state index contributed by atoms with van der Waals surface area (Å²) in [6.07, 6.45) is 17.2. The Balaban J connectivity index is 1.66. The van der Waals surface area contributed by atoms with Gasteiger partial charge in [0.25, 0.3) is 0 Å². The SMILES string of the molecule is c1cn(C[C@H]2CCCC[C@H]2Cn2ccnc2)cn1. The van der Waals surface area contributed by atoms with Gasteiger partial charge in [-0.2, -0.15) is 0 Å². The van der Waals surface area contributed by atoms with Gasteiger partial charge in [0.15, 0.2) is 0 Å². The molecule has 1 fully saturated rings. The van der Waals surface area contributed by atoms with E-state index in [1.165, 1.54) is 25.7 Å². The van der Waals surface area contributed by atoms with Crippen LogP contribution in [0.25, 0.3) is 0 Å². The van der Waals surface area contributed by atoms with Gasteiger partial charge in [0.05, 0.1) is 12.7 Å². The first kappa shape index (κ1) is 11.5. The molecular weight excluding hydrogens is 224 g/mol. The maximum Gasteiger partial charge on any atom is 0.0945 e. The number of hydrogen-bond acceptors (Lipinski definition) is 2. The Bertz CT molecular complexity index is 402. The van der Waals surface area contributed by atoms with E-state index in [-0.39, 0.29) is 0 Å². The molecule has 1 saturated carbocycles. The lowest BCUT2D eigenvalue weighted by Gasteiger charge is -2.32. The van der Waals surface area contributed by atoms with Crippen molar-refractivity contribution in [3.8, 4) is 0 Å². The summed E-state index contributed by atoms with van der Waals surface area (Å²) in [5, 5.41) is 0. The fourth-order valence-electron chi connectivity index (χ4n) is 3.10. The van der Waals surface area contributed by atoms with E-state index in [1.54, 1.807) is 0 Å². The molecule has 2 aromatic rings. The lowest BCUT2D eigenvalue weighted by Crippen LogP contribution is -2.27. The van der Waals surface area contributed by atoms with Crippen molar-refractivity contribution in [1.82, 2.24) is 19.1 Å². The molecule has 0 amide bonds. The van der Waals surface area contributed by atoms with Crippen LogP contribution in [-0.4, -0.2) is 19.1 Å². The highest BCUT2D eigenvalue weighted by atomic mass is 15.0. The molecule has 0 aromatic carbocycles. The second-order valence-corrected chi connectivity index (χ2v) is 5.32. The van der Waals surface area contributed by atoms with Crippen LogP contribution in [0.4, 0.5) is 0 Å². The van der Waals surface area contributed by atoms with E-state index in [0.717, 1.165) is 24.9 Å². The van der Waals surface area contributed by atoms with Crippen LogP contribution in [0.5, 0.6) is 0 Å². The van der Waals surface area contributed by atoms with Crippen LogP contribution >= 0.6 is 0 Å². The zero-order chi connectivity index (χ0) is 12.2. The van der Waals surface area contributed by atoms with E-state index in [1.807, 2.05) is 25.0 Å². The second-order valence-electron chi connectivity index (χ2n) is 5.32. The first-order chi connectivity index (χ1) is 8.92. The quantitative estimate of drug-likeness (QED) is 0.828. The molecule has 96 valence electrons. The van der Waals surface area contributed by atoms with Gasteiger partial charge < -0.3 is 9.13 Å². The predicted octanol–water partition coefficient (Wildman–Crippen LogP) is 2.59. The largest absolute Gasteiger partial charge is 0.337 e. The third-order valence-electron chi connectivity index (χ3n) is 4.08. The lowest BCUT2D eigenvalue weighted by molar-refractivity contribution is 0.189. The van der Waals surface area contributed by atoms with Gasteiger partial charge in [-0.3, -0.25) is 0 Å². The Morgan fingerprint density at radius 3 is 1.72 bits per heavy atom. The van der Waals surface area contributed by atoms with Crippen molar-refractivity contribution >= 4 is 0 Å². The first-order valence-electron chi connectivity index (χ1n) is 6.83. The molecule has 0 spiro atoms. The van der Waals surface area contributed by atoms with Gasteiger partial charge in [0, 0.05) is 37.9 Å². The minimum absolute atomic E-state index is 0.773. The van der Waals surface area contributed by atoms with Crippen LogP contribution in [0.15, 0.2) is 37.4 Å². The van der Waals surface area contributed by atoms with Crippen molar-refractivity contribution in [2.75, 3.05) is 0 Å². The summed E-state index contributed by atoms with van der Waals surface area (Å²) in [6, 6.07) is 0. The highest BCUT2D eigenvalue weighted by Gasteiger charge is 2.25. The first-order valence-corrected chi connectivity index (χ1v) is 6.83. The summed E-state index contributed by atoms with van der Waals surface area (Å²) >= 11 is 0. The highest BCUT2D eigenvalue weighted by Crippen LogP contribution is 2.32. The number of aromatic nitrogens is 4. The van der Waals surface area contributed by atoms with Crippen LogP contribution in [-0.2, 0) is 13.1 Å². The summed E-state index contributed by atoms with van der Waals surface area (Å²) < 4.78 is 4.44. The lowest BCUT2D eigenvalue weighted by atomic mass is 9.79. The molecule has 0 radical (unpaired) electrons. The Hall–Kier alpha value is -1.58. The van der Waals surface area contributed by atoms with Gasteiger partial charge >= 0.3 is 0 Å². The van der Waals surface area contributed by atoms with Crippen molar-refractivity contribution in [1.29, 1.82) is 0 Å². The molecule has 2 atom stereocenters. The monoisotopic (exact) mass is 244 g/mol. The fourth-order valence-corrected chi connectivity index (χ4v) is 3.10. The van der Waals surface area contributed by atoms with Crippen molar-refractivity contribution in [2.45, 2.75) is 38.8 Å². The Labute approximate surface area is 108 Å². The summed E-state index contributed by atoms with van der Waals surface area (Å²) in [7, 11) is 0. The van der Waals surface area contributed by atoms with Crippen molar-refractivity contribution in [3.05, 3.63) is 37.4 Å². The Kier molecular flexibility index (Phi) is 3.44. The zero-order valence-electron chi connectivity index (χ0n) is 10.7. The van der Waals surface area contributed by atoms with Gasteiger partial charge in [0.1, 0.15) is 0 Å². The van der Waals surface area contributed by atoms with Crippen LogP contribution < -0.4 is 0 Å². The maximum atomic E-state index is 4.14. The van der Waals surface area contributed by atoms with Gasteiger partial charge in [-0.1, -0.05) is 12.8 Å². The Morgan fingerprint density at radius 1 is 0.833 bits per heavy atom. The standard InChI is InChI=1S/C14H20N4/c1-2-4-14(10-18-8-6-16-12-18)13(3-1)9-17-7-5-15-11-17/h5-8,11-14H,1-4,9-10H2/t13-,14+. The summed E-state index contributed by atoms with van der Waals surface area (Å²) in [6.45, 7) is 2.22. The topological polar surface area (TPSA) is 35.6 Å². The minimum atomic E-state index is 0.773. The average Bonchev–Trinajstić information content (AvgIpc) is 3.05. The molecule has 4 heteroatoms. The smallest absolute Gasteiger partial charge is 0.0945 e. The second kappa shape index (κ2) is 5.38. The maximum absolute atomic E-state index is 4.14. The molecule has 1 aliphatic carbocycles. The normalized spacial score (nSPS) is 24.2. The van der Waals surface area contributed by atoms with E-state index in [0.29, 0.717) is 0 Å². The van der Waals surface area contributed by atoms with Crippen molar-refractivity contribution < 1.29 is 0 Å². The Morgan fingerprint density at radius 2 is 1.33 bits per heavy atom. The van der Waals surface area contributed by atoms with E-state index < -0.39 is 0 Å². The third-order valence-corrected chi connectivity index (χ3v) is 4.08. The van der Waals surface area contributed by atoms with E-state index >= 15 is 0 Å². The summed E-state index contributed by atoms with van der Waals surface area (Å²) in [4.78, 5) is 8.27. The molecule has 0 bridgehead atoms. The molecule has 0 unspecified atom stereocenters. The molecule has 4 nitrogen and oxygen atoms in total. The van der Waals surface area contributed by atoms with Gasteiger partial charge in [-0.15, -0.1) is 0 Å². The highest BCUT2D eigenvalue weighted by molar-refractivity contribution is 4.83. The number of rotatable bonds is 4. The van der Waals surface area contributed by atoms with Gasteiger partial charge in [0.2, 0.25) is 0 Å². The van der Waals surface area contributed by atoms with Gasteiger partial charge in [-0.25, -0.2) is 9.97 Å². The number of hydrogen-bond donors (Lipinski definition) is 0. The third kappa shape index (κ3) is 2.63. The number of nitrogens with zero attached hydrogens (tertiary/aromatic N) is 4. The predicted molar refractivity (Wildman–Crippen MR) is 69.9 cm³/mol. The van der Waals surface area contributed by atoms with Gasteiger partial charge in [-0.05, 0) is 24.7 Å². The van der Waals surface area contributed by atoms with E-state index in [2.05, 4.69) is 31.5 Å². The average molecular weight is 244 g/mol. The minimum Gasteiger partial charge on any atom is -0.337 e. The molecule has 2 aromatic heterocycles. The summed E-state index contributed by atoms with van der Waals surface area (Å²) in [5.74, 6) is 1.55. The van der Waals surface area contributed by atoms with Crippen molar-refractivity contribution in [2.24, 2.45) is 11.8 Å². The van der Waals surface area contributed by atoms with Crippen molar-refractivity contribution in [3.63, 3.8) is 0 Å². The number of imidazole rings is 2. The van der Waals surface area contributed by atoms with Crippen LogP contribution in [0.1, 0.15) is 25.7 Å². The van der Waals surface area contributed by atoms with Crippen LogP contribution in [0, 0.1) is 11.8 Å². The molecule has 0 N–H and O–H groups in total. The fraction of sp³-hybridized carbons (Fsp3) is 0.571. The van der Waals surface area contributed by atoms with E-state index in [9.17, 15) is 0 Å². The van der Waals surface area contributed by atoms with E-state index in [4.69, 9.17) is 0 Å². The van der Waals surface area contributed by atoms with Crippen LogP contribution in [0.2, 0.25) is 0 Å². The molecule has 0 saturated heterocycles. The molecular formula is C14H20N4. The molecule has 1 aliphatic rings. The molecule has 3 rings (SSSR count). The molecule has 0 aliphatic heterocycles. The van der Waals surface area contributed by atoms with Crippen LogP contribution in [0.3, 0.4) is 0 Å².